The summed E-state index contributed by atoms with van der Waals surface area (Å²) in [5.74, 6) is 0. The third-order valence-electron chi connectivity index (χ3n) is 4.21. The Hall–Kier alpha value is -0.870. The van der Waals surface area contributed by atoms with E-state index in [1.165, 1.54) is 18.5 Å². The molecule has 1 aromatic rings. The van der Waals surface area contributed by atoms with E-state index in [0.29, 0.717) is 18.2 Å². The van der Waals surface area contributed by atoms with Gasteiger partial charge in [-0.2, -0.15) is 5.10 Å². The maximum absolute atomic E-state index is 5.86. The molecule has 1 aromatic heterocycles. The zero-order valence-electron chi connectivity index (χ0n) is 13.1. The van der Waals surface area contributed by atoms with Crippen LogP contribution in [0.25, 0.3) is 0 Å². The van der Waals surface area contributed by atoms with Crippen molar-refractivity contribution in [2.75, 3.05) is 13.2 Å². The van der Waals surface area contributed by atoms with Crippen molar-refractivity contribution >= 4 is 0 Å². The SMILES string of the molecule is CCCNC(Cc1ccn(C(C)CC)n1)C1CCCO1. The van der Waals surface area contributed by atoms with Crippen molar-refractivity contribution in [3.05, 3.63) is 18.0 Å². The van der Waals surface area contributed by atoms with Crippen molar-refractivity contribution in [1.29, 1.82) is 0 Å². The van der Waals surface area contributed by atoms with Crippen molar-refractivity contribution in [2.24, 2.45) is 0 Å². The Morgan fingerprint density at radius 3 is 3.00 bits per heavy atom. The number of nitrogens with zero attached hydrogens (tertiary/aromatic N) is 2. The Bertz CT molecular complexity index is 385. The summed E-state index contributed by atoms with van der Waals surface area (Å²) in [5.41, 5.74) is 1.18. The quantitative estimate of drug-likeness (QED) is 0.795. The van der Waals surface area contributed by atoms with Crippen LogP contribution in [0.1, 0.15) is 58.2 Å². The van der Waals surface area contributed by atoms with E-state index < -0.39 is 0 Å². The van der Waals surface area contributed by atoms with Gasteiger partial charge in [0.05, 0.1) is 11.8 Å². The fraction of sp³-hybridized carbons (Fsp3) is 0.812. The molecule has 3 atom stereocenters. The van der Waals surface area contributed by atoms with Crippen LogP contribution in [-0.2, 0) is 11.2 Å². The van der Waals surface area contributed by atoms with Gasteiger partial charge in [-0.15, -0.1) is 0 Å². The molecule has 1 fully saturated rings. The minimum Gasteiger partial charge on any atom is -0.377 e. The highest BCUT2D eigenvalue weighted by Crippen LogP contribution is 2.19. The number of hydrogen-bond acceptors (Lipinski definition) is 3. The molecular formula is C16H29N3O. The van der Waals surface area contributed by atoms with Crippen LogP contribution in [0.3, 0.4) is 0 Å². The number of hydrogen-bond donors (Lipinski definition) is 1. The molecule has 1 aliphatic rings. The highest BCUT2D eigenvalue weighted by atomic mass is 16.5. The monoisotopic (exact) mass is 279 g/mol. The molecule has 0 spiro atoms. The molecule has 1 saturated heterocycles. The lowest BCUT2D eigenvalue weighted by Crippen LogP contribution is -2.41. The van der Waals surface area contributed by atoms with Crippen molar-refractivity contribution in [3.8, 4) is 0 Å². The van der Waals surface area contributed by atoms with E-state index >= 15 is 0 Å². The third kappa shape index (κ3) is 4.06. The highest BCUT2D eigenvalue weighted by molar-refractivity contribution is 5.04. The molecule has 3 unspecified atom stereocenters. The minimum absolute atomic E-state index is 0.357. The first kappa shape index (κ1) is 15.5. The molecule has 0 saturated carbocycles. The van der Waals surface area contributed by atoms with E-state index in [-0.39, 0.29) is 0 Å². The molecule has 2 heterocycles. The first-order valence-corrected chi connectivity index (χ1v) is 8.13. The van der Waals surface area contributed by atoms with Gasteiger partial charge in [-0.05, 0) is 45.2 Å². The zero-order chi connectivity index (χ0) is 14.4. The predicted octanol–water partition coefficient (Wildman–Crippen LogP) is 2.94. The van der Waals surface area contributed by atoms with Crippen LogP contribution in [0.15, 0.2) is 12.3 Å². The van der Waals surface area contributed by atoms with E-state index in [4.69, 9.17) is 9.84 Å². The van der Waals surface area contributed by atoms with Gasteiger partial charge in [-0.25, -0.2) is 0 Å². The molecule has 1 aliphatic heterocycles. The van der Waals surface area contributed by atoms with E-state index in [2.05, 4.69) is 43.0 Å². The van der Waals surface area contributed by atoms with Gasteiger partial charge in [-0.3, -0.25) is 4.68 Å². The maximum Gasteiger partial charge on any atom is 0.0732 e. The van der Waals surface area contributed by atoms with Crippen LogP contribution < -0.4 is 5.32 Å². The molecule has 0 aromatic carbocycles. The molecule has 0 aliphatic carbocycles. The van der Waals surface area contributed by atoms with Crippen LogP contribution in [0.4, 0.5) is 0 Å². The Kier molecular flexibility index (Phi) is 6.05. The third-order valence-corrected chi connectivity index (χ3v) is 4.21. The average Bonchev–Trinajstić information content (AvgIpc) is 3.13. The van der Waals surface area contributed by atoms with Gasteiger partial charge >= 0.3 is 0 Å². The van der Waals surface area contributed by atoms with Crippen molar-refractivity contribution in [3.63, 3.8) is 0 Å². The topological polar surface area (TPSA) is 39.1 Å². The van der Waals surface area contributed by atoms with Gasteiger partial charge in [0, 0.05) is 31.3 Å². The molecule has 4 nitrogen and oxygen atoms in total. The van der Waals surface area contributed by atoms with Crippen molar-refractivity contribution < 1.29 is 4.74 Å². The second-order valence-corrected chi connectivity index (χ2v) is 5.86. The predicted molar refractivity (Wildman–Crippen MR) is 82.0 cm³/mol. The van der Waals surface area contributed by atoms with Gasteiger partial charge < -0.3 is 10.1 Å². The standard InChI is InChI=1S/C16H29N3O/c1-4-9-17-15(16-7-6-11-20-16)12-14-8-10-19(18-14)13(3)5-2/h8,10,13,15-17H,4-7,9,11-12H2,1-3H3. The van der Waals surface area contributed by atoms with Crippen LogP contribution in [-0.4, -0.2) is 35.1 Å². The summed E-state index contributed by atoms with van der Waals surface area (Å²) in [4.78, 5) is 0. The maximum atomic E-state index is 5.86. The van der Waals surface area contributed by atoms with Crippen LogP contribution >= 0.6 is 0 Å². The van der Waals surface area contributed by atoms with Gasteiger partial charge in [0.15, 0.2) is 0 Å². The highest BCUT2D eigenvalue weighted by Gasteiger charge is 2.26. The van der Waals surface area contributed by atoms with Crippen LogP contribution in [0.5, 0.6) is 0 Å². The normalized spacial score (nSPS) is 22.1. The smallest absolute Gasteiger partial charge is 0.0732 e. The summed E-state index contributed by atoms with van der Waals surface area (Å²) in [5, 5.41) is 8.36. The molecular weight excluding hydrogens is 250 g/mol. The van der Waals surface area contributed by atoms with Crippen molar-refractivity contribution in [2.45, 2.75) is 71.1 Å². The Labute approximate surface area is 122 Å². The van der Waals surface area contributed by atoms with Crippen LogP contribution in [0.2, 0.25) is 0 Å². The lowest BCUT2D eigenvalue weighted by molar-refractivity contribution is 0.0780. The van der Waals surface area contributed by atoms with E-state index in [1.54, 1.807) is 0 Å². The number of ether oxygens (including phenoxy) is 1. The van der Waals surface area contributed by atoms with Gasteiger partial charge in [0.2, 0.25) is 0 Å². The summed E-state index contributed by atoms with van der Waals surface area (Å²) in [6.45, 7) is 8.58. The molecule has 1 N–H and O–H groups in total. The fourth-order valence-corrected chi connectivity index (χ4v) is 2.73. The minimum atomic E-state index is 0.357. The summed E-state index contributed by atoms with van der Waals surface area (Å²) in [7, 11) is 0. The Morgan fingerprint density at radius 2 is 2.35 bits per heavy atom. The fourth-order valence-electron chi connectivity index (χ4n) is 2.73. The zero-order valence-corrected chi connectivity index (χ0v) is 13.1. The summed E-state index contributed by atoms with van der Waals surface area (Å²) in [6.07, 6.45) is 8.07. The Morgan fingerprint density at radius 1 is 1.50 bits per heavy atom. The summed E-state index contributed by atoms with van der Waals surface area (Å²) >= 11 is 0. The lowest BCUT2D eigenvalue weighted by atomic mass is 10.0. The lowest BCUT2D eigenvalue weighted by Gasteiger charge is -2.23. The first-order chi connectivity index (χ1) is 9.74. The van der Waals surface area contributed by atoms with Gasteiger partial charge in [0.1, 0.15) is 0 Å². The number of rotatable bonds is 8. The Balaban J connectivity index is 1.97. The molecule has 114 valence electrons. The summed E-state index contributed by atoms with van der Waals surface area (Å²) < 4.78 is 7.95. The van der Waals surface area contributed by atoms with Crippen molar-refractivity contribution in [1.82, 2.24) is 15.1 Å². The molecule has 4 heteroatoms. The van der Waals surface area contributed by atoms with E-state index in [1.807, 2.05) is 0 Å². The molecule has 0 radical (unpaired) electrons. The first-order valence-electron chi connectivity index (χ1n) is 8.13. The number of nitrogens with one attached hydrogen (secondary N) is 1. The largest absolute Gasteiger partial charge is 0.377 e. The molecule has 0 amide bonds. The van der Waals surface area contributed by atoms with E-state index in [9.17, 15) is 0 Å². The number of aromatic nitrogens is 2. The van der Waals surface area contributed by atoms with E-state index in [0.717, 1.165) is 32.4 Å². The molecule has 2 rings (SSSR count). The molecule has 0 bridgehead atoms. The van der Waals surface area contributed by atoms with Gasteiger partial charge in [-0.1, -0.05) is 13.8 Å². The second-order valence-electron chi connectivity index (χ2n) is 5.86. The molecule has 20 heavy (non-hydrogen) atoms. The average molecular weight is 279 g/mol. The van der Waals surface area contributed by atoms with Gasteiger partial charge in [0.25, 0.3) is 0 Å². The second kappa shape index (κ2) is 7.79. The summed E-state index contributed by atoms with van der Waals surface area (Å²) in [6, 6.07) is 3.04. The van der Waals surface area contributed by atoms with Crippen LogP contribution in [0, 0.1) is 0 Å².